The number of benzene rings is 1. The molecule has 2 bridgehead atoms. The minimum absolute atomic E-state index is 0.180. The zero-order valence-corrected chi connectivity index (χ0v) is 12.5. The predicted octanol–water partition coefficient (Wildman–Crippen LogP) is 4.42. The summed E-state index contributed by atoms with van der Waals surface area (Å²) in [6.45, 7) is 3.02. The van der Waals surface area contributed by atoms with E-state index >= 15 is 0 Å². The molecule has 20 heavy (non-hydrogen) atoms. The second-order valence-corrected chi connectivity index (χ2v) is 7.17. The van der Waals surface area contributed by atoms with Gasteiger partial charge in [-0.1, -0.05) is 18.5 Å². The third-order valence-electron chi connectivity index (χ3n) is 5.90. The Balaban J connectivity index is 1.64. The molecular weight excluding hydrogens is 273 g/mol. The van der Waals surface area contributed by atoms with Crippen molar-refractivity contribution in [2.75, 3.05) is 6.54 Å². The summed E-state index contributed by atoms with van der Waals surface area (Å²) in [7, 11) is 0. The van der Waals surface area contributed by atoms with E-state index in [1.54, 1.807) is 12.1 Å². The van der Waals surface area contributed by atoms with Gasteiger partial charge in [0.1, 0.15) is 5.82 Å². The van der Waals surface area contributed by atoms with Crippen molar-refractivity contribution in [3.05, 3.63) is 34.6 Å². The van der Waals surface area contributed by atoms with Crippen molar-refractivity contribution in [2.24, 2.45) is 29.6 Å². The Kier molecular flexibility index (Phi) is 3.08. The van der Waals surface area contributed by atoms with Gasteiger partial charge in [0.2, 0.25) is 0 Å². The molecule has 0 heterocycles. The van der Waals surface area contributed by atoms with Crippen molar-refractivity contribution >= 4 is 11.6 Å². The van der Waals surface area contributed by atoms with E-state index in [1.807, 2.05) is 0 Å². The Labute approximate surface area is 124 Å². The minimum atomic E-state index is -0.180. The van der Waals surface area contributed by atoms with Gasteiger partial charge in [-0.05, 0) is 79.2 Å². The Bertz CT molecular complexity index is 516. The predicted molar refractivity (Wildman–Crippen MR) is 79.1 cm³/mol. The number of halogens is 2. The molecule has 0 aromatic heterocycles. The van der Waals surface area contributed by atoms with Crippen molar-refractivity contribution in [3.8, 4) is 0 Å². The fraction of sp³-hybridized carbons (Fsp3) is 0.647. The van der Waals surface area contributed by atoms with Crippen LogP contribution in [0.15, 0.2) is 18.2 Å². The molecule has 1 aromatic rings. The van der Waals surface area contributed by atoms with Crippen LogP contribution < -0.4 is 5.32 Å². The molecule has 0 amide bonds. The zero-order chi connectivity index (χ0) is 13.9. The average molecular weight is 294 g/mol. The standard InChI is InChI=1S/C17H21ClFN/c1-2-20-17(12-8-11(19)5-6-13(12)18)16-14-9-3-4-10(7-9)15(14)16/h5-6,8-10,14-17,20H,2-4,7H2,1H3. The molecule has 1 N–H and O–H groups in total. The molecule has 4 rings (SSSR count). The molecule has 5 unspecified atom stereocenters. The van der Waals surface area contributed by atoms with Crippen LogP contribution in [0.3, 0.4) is 0 Å². The van der Waals surface area contributed by atoms with Gasteiger partial charge in [-0.3, -0.25) is 0 Å². The molecule has 0 radical (unpaired) electrons. The highest BCUT2D eigenvalue weighted by Gasteiger charge is 2.66. The highest BCUT2D eigenvalue weighted by Crippen LogP contribution is 2.72. The van der Waals surface area contributed by atoms with Gasteiger partial charge >= 0.3 is 0 Å². The summed E-state index contributed by atoms with van der Waals surface area (Å²) < 4.78 is 13.6. The molecule has 1 nitrogen and oxygen atoms in total. The van der Waals surface area contributed by atoms with E-state index < -0.39 is 0 Å². The van der Waals surface area contributed by atoms with E-state index in [2.05, 4.69) is 12.2 Å². The fourth-order valence-corrected chi connectivity index (χ4v) is 5.50. The van der Waals surface area contributed by atoms with Crippen LogP contribution in [0.4, 0.5) is 4.39 Å². The minimum Gasteiger partial charge on any atom is -0.310 e. The van der Waals surface area contributed by atoms with Crippen molar-refractivity contribution in [3.63, 3.8) is 0 Å². The Morgan fingerprint density at radius 1 is 1.30 bits per heavy atom. The number of fused-ring (bicyclic) bond motifs is 5. The SMILES string of the molecule is CCNC(c1cc(F)ccc1Cl)C1C2C3CCC(C3)C21. The molecular formula is C17H21ClFN. The smallest absolute Gasteiger partial charge is 0.123 e. The molecule has 108 valence electrons. The Morgan fingerprint density at radius 3 is 2.65 bits per heavy atom. The zero-order valence-electron chi connectivity index (χ0n) is 11.8. The monoisotopic (exact) mass is 293 g/mol. The Hall–Kier alpha value is -0.600. The van der Waals surface area contributed by atoms with Crippen LogP contribution in [0.5, 0.6) is 0 Å². The van der Waals surface area contributed by atoms with E-state index in [1.165, 1.54) is 25.3 Å². The van der Waals surface area contributed by atoms with Gasteiger partial charge in [0.15, 0.2) is 0 Å². The number of hydrogen-bond donors (Lipinski definition) is 1. The second kappa shape index (κ2) is 4.71. The van der Waals surface area contributed by atoms with Crippen LogP contribution in [-0.2, 0) is 0 Å². The quantitative estimate of drug-likeness (QED) is 0.866. The van der Waals surface area contributed by atoms with E-state index in [0.29, 0.717) is 10.9 Å². The lowest BCUT2D eigenvalue weighted by atomic mass is 9.93. The summed E-state index contributed by atoms with van der Waals surface area (Å²) in [5, 5.41) is 4.28. The first-order chi connectivity index (χ1) is 9.70. The lowest BCUT2D eigenvalue weighted by molar-refractivity contribution is 0.374. The van der Waals surface area contributed by atoms with Crippen LogP contribution in [0.25, 0.3) is 0 Å². The summed E-state index contributed by atoms with van der Waals surface area (Å²) >= 11 is 6.34. The van der Waals surface area contributed by atoms with Crippen LogP contribution >= 0.6 is 11.6 Å². The third-order valence-corrected chi connectivity index (χ3v) is 6.24. The van der Waals surface area contributed by atoms with Crippen LogP contribution in [-0.4, -0.2) is 6.54 Å². The van der Waals surface area contributed by atoms with Crippen LogP contribution in [0.2, 0.25) is 5.02 Å². The lowest BCUT2D eigenvalue weighted by Gasteiger charge is -2.23. The van der Waals surface area contributed by atoms with Gasteiger partial charge in [-0.2, -0.15) is 0 Å². The van der Waals surface area contributed by atoms with E-state index in [-0.39, 0.29) is 11.9 Å². The first-order valence-electron chi connectivity index (χ1n) is 7.89. The highest BCUT2D eigenvalue weighted by molar-refractivity contribution is 6.31. The van der Waals surface area contributed by atoms with Gasteiger partial charge in [-0.25, -0.2) is 4.39 Å². The van der Waals surface area contributed by atoms with Crippen molar-refractivity contribution in [2.45, 2.75) is 32.2 Å². The van der Waals surface area contributed by atoms with Crippen molar-refractivity contribution in [1.82, 2.24) is 5.32 Å². The van der Waals surface area contributed by atoms with Gasteiger partial charge in [0.25, 0.3) is 0 Å². The average Bonchev–Trinajstić information content (AvgIpc) is 2.86. The maximum absolute atomic E-state index is 13.6. The summed E-state index contributed by atoms with van der Waals surface area (Å²) in [6, 6.07) is 5.02. The van der Waals surface area contributed by atoms with Gasteiger partial charge in [0, 0.05) is 11.1 Å². The number of nitrogens with one attached hydrogen (secondary N) is 1. The Morgan fingerprint density at radius 2 is 2.00 bits per heavy atom. The van der Waals surface area contributed by atoms with Crippen molar-refractivity contribution < 1.29 is 4.39 Å². The molecule has 3 aliphatic rings. The molecule has 3 aliphatic carbocycles. The van der Waals surface area contributed by atoms with E-state index in [0.717, 1.165) is 35.8 Å². The maximum atomic E-state index is 13.6. The molecule has 0 aliphatic heterocycles. The topological polar surface area (TPSA) is 12.0 Å². The van der Waals surface area contributed by atoms with Crippen molar-refractivity contribution in [1.29, 1.82) is 0 Å². The number of rotatable bonds is 4. The molecule has 1 aromatic carbocycles. The number of hydrogen-bond acceptors (Lipinski definition) is 1. The molecule has 3 fully saturated rings. The summed E-state index contributed by atoms with van der Waals surface area (Å²) in [5.41, 5.74) is 0.965. The van der Waals surface area contributed by atoms with Gasteiger partial charge in [0.05, 0.1) is 0 Å². The van der Waals surface area contributed by atoms with E-state index in [4.69, 9.17) is 11.6 Å². The first kappa shape index (κ1) is 13.1. The third kappa shape index (κ3) is 1.84. The van der Waals surface area contributed by atoms with Gasteiger partial charge in [-0.15, -0.1) is 0 Å². The fourth-order valence-electron chi connectivity index (χ4n) is 5.26. The van der Waals surface area contributed by atoms with Gasteiger partial charge < -0.3 is 5.32 Å². The summed E-state index contributed by atoms with van der Waals surface area (Å²) in [4.78, 5) is 0. The summed E-state index contributed by atoms with van der Waals surface area (Å²) in [6.07, 6.45) is 4.28. The second-order valence-electron chi connectivity index (χ2n) is 6.77. The first-order valence-corrected chi connectivity index (χ1v) is 8.26. The maximum Gasteiger partial charge on any atom is 0.123 e. The van der Waals surface area contributed by atoms with E-state index in [9.17, 15) is 4.39 Å². The highest BCUT2D eigenvalue weighted by atomic mass is 35.5. The van der Waals surface area contributed by atoms with Crippen LogP contribution in [0.1, 0.15) is 37.8 Å². The van der Waals surface area contributed by atoms with Crippen LogP contribution in [0, 0.1) is 35.4 Å². The molecule has 3 heteroatoms. The molecule has 0 spiro atoms. The molecule has 0 saturated heterocycles. The molecule has 5 atom stereocenters. The lowest BCUT2D eigenvalue weighted by Crippen LogP contribution is -2.25. The molecule has 3 saturated carbocycles. The largest absolute Gasteiger partial charge is 0.310 e. The summed E-state index contributed by atoms with van der Waals surface area (Å²) in [5.74, 6) is 4.11. The normalized spacial score (nSPS) is 38.9.